The lowest BCUT2D eigenvalue weighted by molar-refractivity contribution is -0.549. The Kier molecular flexibility index (Phi) is 3.30. The van der Waals surface area contributed by atoms with Gasteiger partial charge in [0.05, 0.1) is 12.7 Å². The zero-order valence-electron chi connectivity index (χ0n) is 6.26. The molecule has 1 saturated heterocycles. The van der Waals surface area contributed by atoms with Gasteiger partial charge in [0, 0.05) is 12.8 Å². The van der Waals surface area contributed by atoms with Crippen LogP contribution in [0.1, 0.15) is 19.3 Å². The van der Waals surface area contributed by atoms with Crippen LogP contribution >= 0.6 is 0 Å². The van der Waals surface area contributed by atoms with E-state index in [2.05, 4.69) is 14.8 Å². The molecule has 0 aliphatic carbocycles. The summed E-state index contributed by atoms with van der Waals surface area (Å²) < 4.78 is 35.0. The van der Waals surface area contributed by atoms with Gasteiger partial charge >= 0.3 is 6.18 Å². The van der Waals surface area contributed by atoms with Gasteiger partial charge in [-0.25, -0.2) is 9.78 Å². The van der Waals surface area contributed by atoms with Gasteiger partial charge in [0.15, 0.2) is 0 Å². The van der Waals surface area contributed by atoms with Crippen LogP contribution in [0.3, 0.4) is 0 Å². The molecule has 6 heteroatoms. The van der Waals surface area contributed by atoms with Crippen molar-refractivity contribution in [3.8, 4) is 0 Å². The average molecular weight is 186 g/mol. The van der Waals surface area contributed by atoms with Crippen molar-refractivity contribution in [2.24, 2.45) is 0 Å². The molecule has 0 saturated carbocycles. The molecule has 1 fully saturated rings. The van der Waals surface area contributed by atoms with Crippen molar-refractivity contribution in [2.45, 2.75) is 31.5 Å². The van der Waals surface area contributed by atoms with Crippen molar-refractivity contribution in [2.75, 3.05) is 6.61 Å². The van der Waals surface area contributed by atoms with E-state index in [1.165, 1.54) is 0 Å². The third-order valence-electron chi connectivity index (χ3n) is 1.50. The third-order valence-corrected chi connectivity index (χ3v) is 1.50. The summed E-state index contributed by atoms with van der Waals surface area (Å²) in [4.78, 5) is 8.78. The highest BCUT2D eigenvalue weighted by atomic mass is 19.4. The number of rotatable bonds is 2. The normalized spacial score (nSPS) is 25.8. The Balaban J connectivity index is 2.13. The Morgan fingerprint density at radius 2 is 2.08 bits per heavy atom. The minimum absolute atomic E-state index is 0.0765. The fourth-order valence-corrected chi connectivity index (χ4v) is 0.862. The predicted octanol–water partition coefficient (Wildman–Crippen LogP) is 1.98. The van der Waals surface area contributed by atoms with Crippen LogP contribution in [0.15, 0.2) is 0 Å². The summed E-state index contributed by atoms with van der Waals surface area (Å²) in [5, 5.41) is 4.08. The molecule has 1 atom stereocenters. The van der Waals surface area contributed by atoms with Gasteiger partial charge < -0.3 is 0 Å². The quantitative estimate of drug-likeness (QED) is 0.617. The molecule has 0 amide bonds. The second-order valence-corrected chi connectivity index (χ2v) is 2.55. The summed E-state index contributed by atoms with van der Waals surface area (Å²) >= 11 is 0. The summed E-state index contributed by atoms with van der Waals surface area (Å²) in [5.74, 6) is 0. The van der Waals surface area contributed by atoms with Gasteiger partial charge in [0.2, 0.25) is 0 Å². The van der Waals surface area contributed by atoms with Crippen LogP contribution in [0.2, 0.25) is 0 Å². The third kappa shape index (κ3) is 3.89. The van der Waals surface area contributed by atoms with E-state index in [4.69, 9.17) is 0 Å². The van der Waals surface area contributed by atoms with E-state index >= 15 is 0 Å². The lowest BCUT2D eigenvalue weighted by atomic mass is 10.1. The van der Waals surface area contributed by atoms with Crippen molar-refractivity contribution in [1.29, 1.82) is 0 Å². The summed E-state index contributed by atoms with van der Waals surface area (Å²) in [6.45, 7) is 0.280. The molecule has 0 bridgehead atoms. The largest absolute Gasteiger partial charge is 0.389 e. The molecule has 1 aliphatic heterocycles. The summed E-state index contributed by atoms with van der Waals surface area (Å²) in [7, 11) is 0. The maximum absolute atomic E-state index is 11.7. The minimum atomic E-state index is -4.12. The van der Waals surface area contributed by atoms with Crippen molar-refractivity contribution in [1.82, 2.24) is 0 Å². The van der Waals surface area contributed by atoms with E-state index < -0.39 is 18.7 Å². The monoisotopic (exact) mass is 186 g/mol. The average Bonchev–Trinajstić information content (AvgIpc) is 2.02. The number of halogens is 3. The molecular formula is C6H9F3O3. The Labute approximate surface area is 67.3 Å². The second-order valence-electron chi connectivity index (χ2n) is 2.55. The molecular weight excluding hydrogens is 177 g/mol. The summed E-state index contributed by atoms with van der Waals surface area (Å²) in [6.07, 6.45) is -5.11. The van der Waals surface area contributed by atoms with Gasteiger partial charge in [0.1, 0.15) is 0 Å². The lowest BCUT2D eigenvalue weighted by Crippen LogP contribution is -2.24. The van der Waals surface area contributed by atoms with Gasteiger partial charge in [-0.15, -0.1) is 0 Å². The number of alkyl halides is 3. The van der Waals surface area contributed by atoms with Crippen LogP contribution in [0, 0.1) is 0 Å². The molecule has 0 spiro atoms. The van der Waals surface area contributed by atoms with Crippen LogP contribution < -0.4 is 0 Å². The Morgan fingerprint density at radius 3 is 2.58 bits per heavy atom. The predicted molar refractivity (Wildman–Crippen MR) is 31.8 cm³/mol. The van der Waals surface area contributed by atoms with Crippen molar-refractivity contribution < 1.29 is 28.0 Å². The van der Waals surface area contributed by atoms with Crippen LogP contribution in [0.4, 0.5) is 13.2 Å². The Morgan fingerprint density at radius 1 is 1.33 bits per heavy atom. The van der Waals surface area contributed by atoms with Crippen LogP contribution in [0.25, 0.3) is 0 Å². The first-order chi connectivity index (χ1) is 5.58. The molecule has 0 aromatic rings. The summed E-state index contributed by atoms with van der Waals surface area (Å²) in [6, 6.07) is 0. The van der Waals surface area contributed by atoms with Gasteiger partial charge in [0.25, 0.3) is 0 Å². The highest BCUT2D eigenvalue weighted by molar-refractivity contribution is 4.61. The van der Waals surface area contributed by atoms with E-state index in [-0.39, 0.29) is 13.0 Å². The standard InChI is InChI=1S/C6H9F3O3/c7-6(8,9)3-1-5-2-4-10-12-11-5/h5H,1-4H2. The first kappa shape index (κ1) is 9.76. The molecule has 0 aromatic heterocycles. The van der Waals surface area contributed by atoms with E-state index in [9.17, 15) is 13.2 Å². The van der Waals surface area contributed by atoms with E-state index in [0.29, 0.717) is 6.42 Å². The Hall–Kier alpha value is -0.330. The first-order valence-electron chi connectivity index (χ1n) is 3.59. The maximum Gasteiger partial charge on any atom is 0.389 e. The van der Waals surface area contributed by atoms with E-state index in [1.807, 2.05) is 0 Å². The minimum Gasteiger partial charge on any atom is -0.206 e. The van der Waals surface area contributed by atoms with Crippen LogP contribution in [-0.4, -0.2) is 18.9 Å². The summed E-state index contributed by atoms with van der Waals surface area (Å²) in [5.41, 5.74) is 0. The molecule has 1 aliphatic rings. The fourth-order valence-electron chi connectivity index (χ4n) is 0.862. The zero-order valence-corrected chi connectivity index (χ0v) is 6.26. The van der Waals surface area contributed by atoms with Gasteiger partial charge in [-0.3, -0.25) is 0 Å². The zero-order chi connectivity index (χ0) is 9.03. The molecule has 0 N–H and O–H groups in total. The molecule has 0 aromatic carbocycles. The second kappa shape index (κ2) is 4.06. The van der Waals surface area contributed by atoms with Crippen LogP contribution in [-0.2, 0) is 14.8 Å². The molecule has 1 rings (SSSR count). The number of hydrogen-bond donors (Lipinski definition) is 0. The maximum atomic E-state index is 11.7. The first-order valence-corrected chi connectivity index (χ1v) is 3.59. The van der Waals surface area contributed by atoms with E-state index in [1.54, 1.807) is 0 Å². The Bertz CT molecular complexity index is 130. The molecule has 1 unspecified atom stereocenters. The highest BCUT2D eigenvalue weighted by Gasteiger charge is 2.29. The topological polar surface area (TPSA) is 27.7 Å². The van der Waals surface area contributed by atoms with Gasteiger partial charge in [-0.05, 0) is 6.42 Å². The molecule has 12 heavy (non-hydrogen) atoms. The lowest BCUT2D eigenvalue weighted by Gasteiger charge is -2.20. The van der Waals surface area contributed by atoms with Crippen molar-refractivity contribution in [3.63, 3.8) is 0 Å². The fraction of sp³-hybridized carbons (Fsp3) is 1.00. The van der Waals surface area contributed by atoms with Gasteiger partial charge in [-0.2, -0.15) is 13.2 Å². The number of hydrogen-bond acceptors (Lipinski definition) is 3. The molecule has 72 valence electrons. The SMILES string of the molecule is FC(F)(F)CCC1CCOOO1. The van der Waals surface area contributed by atoms with Crippen molar-refractivity contribution >= 4 is 0 Å². The van der Waals surface area contributed by atoms with Gasteiger partial charge in [-0.1, -0.05) is 5.04 Å². The molecule has 0 radical (unpaired) electrons. The van der Waals surface area contributed by atoms with Crippen LogP contribution in [0.5, 0.6) is 0 Å². The van der Waals surface area contributed by atoms with Crippen molar-refractivity contribution in [3.05, 3.63) is 0 Å². The van der Waals surface area contributed by atoms with E-state index in [0.717, 1.165) is 0 Å². The smallest absolute Gasteiger partial charge is 0.206 e. The highest BCUT2D eigenvalue weighted by Crippen LogP contribution is 2.24. The molecule has 1 heterocycles. The molecule has 3 nitrogen and oxygen atoms in total.